The van der Waals surface area contributed by atoms with Crippen LogP contribution < -0.4 is 56.5 Å². The van der Waals surface area contributed by atoms with Crippen LogP contribution >= 0.6 is 0 Å². The molecule has 0 aromatic heterocycles. The molecule has 18 heavy (non-hydrogen) atoms. The zero-order valence-electron chi connectivity index (χ0n) is 11.8. The molecule has 4 heteroatoms. The van der Waals surface area contributed by atoms with Crippen LogP contribution in [0.1, 0.15) is 55.1 Å². The standard InChI is InChI=1S/C14H20O3.K/c1-5-6-14(3,4)11-8-10(13(16)17)9(2)7-12(11)15;/h7-8,15H,5-6H2,1-4H3,(H,16,17);/q;+1/p-1. The van der Waals surface area contributed by atoms with Crippen molar-refractivity contribution in [2.75, 3.05) is 0 Å². The molecule has 0 amide bonds. The van der Waals surface area contributed by atoms with Crippen molar-refractivity contribution in [2.45, 2.75) is 46.0 Å². The second-order valence-corrected chi connectivity index (χ2v) is 5.11. The normalized spacial score (nSPS) is 10.9. The van der Waals surface area contributed by atoms with E-state index in [-0.39, 0.29) is 68.1 Å². The van der Waals surface area contributed by atoms with Gasteiger partial charge in [-0.2, -0.15) is 0 Å². The van der Waals surface area contributed by atoms with E-state index in [1.54, 1.807) is 6.92 Å². The Bertz CT molecular complexity index is 439. The number of carbonyl (C=O) groups excluding carboxylic acids is 1. The number of carbonyl (C=O) groups is 1. The van der Waals surface area contributed by atoms with Gasteiger partial charge in [0, 0.05) is 11.1 Å². The number of aromatic carboxylic acids is 1. The fraction of sp³-hybridized carbons (Fsp3) is 0.500. The molecule has 0 unspecified atom stereocenters. The zero-order chi connectivity index (χ0) is 13.2. The van der Waals surface area contributed by atoms with Crippen molar-refractivity contribution in [3.63, 3.8) is 0 Å². The SMILES string of the molecule is CCCC(C)(C)c1cc(C(=O)[O-])c(C)cc1O.[K+]. The number of phenolic OH excluding ortho intramolecular Hbond substituents is 1. The average Bonchev–Trinajstić information content (AvgIpc) is 2.15. The largest absolute Gasteiger partial charge is 1.00 e. The first-order valence-electron chi connectivity index (χ1n) is 5.85. The number of benzene rings is 1. The third-order valence-corrected chi connectivity index (χ3v) is 3.17. The number of carboxylic acid groups (broad SMARTS) is 1. The first-order chi connectivity index (χ1) is 7.79. The van der Waals surface area contributed by atoms with Crippen LogP contribution in [0.4, 0.5) is 0 Å². The maximum atomic E-state index is 11.0. The van der Waals surface area contributed by atoms with E-state index in [9.17, 15) is 15.0 Å². The molecule has 1 rings (SSSR count). The molecule has 1 aromatic carbocycles. The van der Waals surface area contributed by atoms with Gasteiger partial charge in [0.15, 0.2) is 0 Å². The van der Waals surface area contributed by atoms with Crippen LogP contribution in [-0.2, 0) is 5.41 Å². The van der Waals surface area contributed by atoms with Crippen molar-refractivity contribution in [1.29, 1.82) is 0 Å². The third-order valence-electron chi connectivity index (χ3n) is 3.17. The maximum absolute atomic E-state index is 11.0. The second kappa shape index (κ2) is 7.05. The smallest absolute Gasteiger partial charge is 0.545 e. The summed E-state index contributed by atoms with van der Waals surface area (Å²) in [5.41, 5.74) is 1.11. The minimum Gasteiger partial charge on any atom is -0.545 e. The van der Waals surface area contributed by atoms with Gasteiger partial charge in [0.25, 0.3) is 0 Å². The summed E-state index contributed by atoms with van der Waals surface area (Å²) >= 11 is 0. The Labute approximate surface area is 151 Å². The molecule has 0 saturated heterocycles. The topological polar surface area (TPSA) is 60.4 Å². The molecule has 0 saturated carbocycles. The Morgan fingerprint density at radius 3 is 2.39 bits per heavy atom. The summed E-state index contributed by atoms with van der Waals surface area (Å²) in [4.78, 5) is 11.0. The Morgan fingerprint density at radius 2 is 1.94 bits per heavy atom. The van der Waals surface area contributed by atoms with Crippen LogP contribution in [0.5, 0.6) is 5.75 Å². The molecule has 0 bridgehead atoms. The van der Waals surface area contributed by atoms with E-state index in [4.69, 9.17) is 0 Å². The molecule has 0 aliphatic heterocycles. The van der Waals surface area contributed by atoms with Gasteiger partial charge in [0.1, 0.15) is 5.75 Å². The average molecular weight is 274 g/mol. The molecular formula is C14H19KO3. The number of rotatable bonds is 4. The molecule has 0 atom stereocenters. The molecular weight excluding hydrogens is 255 g/mol. The van der Waals surface area contributed by atoms with Gasteiger partial charge in [0.05, 0.1) is 5.97 Å². The van der Waals surface area contributed by atoms with E-state index in [1.165, 1.54) is 12.1 Å². The Balaban J connectivity index is 0.00000289. The molecule has 94 valence electrons. The predicted octanol–water partition coefficient (Wildman–Crippen LogP) is -0.854. The number of hydrogen-bond donors (Lipinski definition) is 1. The molecule has 0 aliphatic rings. The summed E-state index contributed by atoms with van der Waals surface area (Å²) in [7, 11) is 0. The molecule has 1 aromatic rings. The van der Waals surface area contributed by atoms with Crippen molar-refractivity contribution in [3.8, 4) is 5.75 Å². The number of aromatic hydroxyl groups is 1. The van der Waals surface area contributed by atoms with Crippen LogP contribution in [0.2, 0.25) is 0 Å². The fourth-order valence-electron chi connectivity index (χ4n) is 2.21. The van der Waals surface area contributed by atoms with Gasteiger partial charge in [-0.3, -0.25) is 0 Å². The monoisotopic (exact) mass is 274 g/mol. The van der Waals surface area contributed by atoms with Gasteiger partial charge in [-0.25, -0.2) is 0 Å². The van der Waals surface area contributed by atoms with Gasteiger partial charge in [-0.05, 0) is 36.5 Å². The van der Waals surface area contributed by atoms with Crippen LogP contribution in [0, 0.1) is 6.92 Å². The fourth-order valence-corrected chi connectivity index (χ4v) is 2.21. The molecule has 0 fully saturated rings. The van der Waals surface area contributed by atoms with E-state index in [0.717, 1.165) is 12.8 Å². The molecule has 0 aliphatic carbocycles. The number of aryl methyl sites for hydroxylation is 1. The van der Waals surface area contributed by atoms with Gasteiger partial charge < -0.3 is 15.0 Å². The van der Waals surface area contributed by atoms with Crippen molar-refractivity contribution < 1.29 is 66.4 Å². The Kier molecular flexibility index (Phi) is 7.10. The quantitative estimate of drug-likeness (QED) is 0.727. The Hall–Kier alpha value is 0.126. The summed E-state index contributed by atoms with van der Waals surface area (Å²) in [6, 6.07) is 3.04. The van der Waals surface area contributed by atoms with Crippen LogP contribution in [0.3, 0.4) is 0 Å². The summed E-state index contributed by atoms with van der Waals surface area (Å²) in [6.07, 6.45) is 1.86. The van der Waals surface area contributed by atoms with E-state index >= 15 is 0 Å². The molecule has 1 N–H and O–H groups in total. The van der Waals surface area contributed by atoms with E-state index < -0.39 is 5.97 Å². The molecule has 3 nitrogen and oxygen atoms in total. The third kappa shape index (κ3) is 4.07. The second-order valence-electron chi connectivity index (χ2n) is 5.11. The van der Waals surface area contributed by atoms with Gasteiger partial charge in [-0.15, -0.1) is 0 Å². The van der Waals surface area contributed by atoms with E-state index in [0.29, 0.717) is 11.1 Å². The van der Waals surface area contributed by atoms with Crippen molar-refractivity contribution >= 4 is 5.97 Å². The van der Waals surface area contributed by atoms with Gasteiger partial charge in [-0.1, -0.05) is 27.2 Å². The van der Waals surface area contributed by atoms with Crippen molar-refractivity contribution in [3.05, 3.63) is 28.8 Å². The first kappa shape index (κ1) is 18.1. The first-order valence-corrected chi connectivity index (χ1v) is 5.85. The summed E-state index contributed by atoms with van der Waals surface area (Å²) in [5.74, 6) is -1.04. The maximum Gasteiger partial charge on any atom is 1.00 e. The van der Waals surface area contributed by atoms with E-state index in [2.05, 4.69) is 6.92 Å². The summed E-state index contributed by atoms with van der Waals surface area (Å²) < 4.78 is 0. The Morgan fingerprint density at radius 1 is 1.39 bits per heavy atom. The van der Waals surface area contributed by atoms with Crippen LogP contribution in [0.15, 0.2) is 12.1 Å². The number of hydrogen-bond acceptors (Lipinski definition) is 3. The van der Waals surface area contributed by atoms with Crippen molar-refractivity contribution in [1.82, 2.24) is 0 Å². The van der Waals surface area contributed by atoms with Crippen LogP contribution in [0.25, 0.3) is 0 Å². The van der Waals surface area contributed by atoms with Crippen molar-refractivity contribution in [2.24, 2.45) is 0 Å². The summed E-state index contributed by atoms with van der Waals surface area (Å²) in [6.45, 7) is 7.72. The predicted molar refractivity (Wildman–Crippen MR) is 65.1 cm³/mol. The van der Waals surface area contributed by atoms with Gasteiger partial charge >= 0.3 is 51.4 Å². The number of phenols is 1. The molecule has 0 spiro atoms. The molecule has 0 radical (unpaired) electrons. The molecule has 0 heterocycles. The van der Waals surface area contributed by atoms with Crippen LogP contribution in [-0.4, -0.2) is 11.1 Å². The summed E-state index contributed by atoms with van der Waals surface area (Å²) in [5, 5.41) is 20.9. The van der Waals surface area contributed by atoms with E-state index in [1.807, 2.05) is 13.8 Å². The van der Waals surface area contributed by atoms with Gasteiger partial charge in [0.2, 0.25) is 0 Å². The zero-order valence-corrected chi connectivity index (χ0v) is 15.0. The minimum atomic E-state index is -1.20. The minimum absolute atomic E-state index is 0. The number of carboxylic acids is 1.